The molecule has 6 nitrogen and oxygen atoms in total. The van der Waals surface area contributed by atoms with Gasteiger partial charge in [0, 0.05) is 37.0 Å². The lowest BCUT2D eigenvalue weighted by Gasteiger charge is -2.07. The molecule has 2 N–H and O–H groups in total. The maximum absolute atomic E-state index is 10.5. The minimum absolute atomic E-state index is 0.0147. The highest BCUT2D eigenvalue weighted by molar-refractivity contribution is 6.33. The molecule has 1 aromatic heterocycles. The molecule has 0 atom stereocenters. The van der Waals surface area contributed by atoms with Crippen LogP contribution in [0, 0.1) is 10.1 Å². The van der Waals surface area contributed by atoms with Gasteiger partial charge in [-0.2, -0.15) is 0 Å². The molecule has 0 spiro atoms. The summed E-state index contributed by atoms with van der Waals surface area (Å²) in [5.74, 6) is 0. The van der Waals surface area contributed by atoms with Crippen LogP contribution in [0.2, 0.25) is 5.02 Å². The van der Waals surface area contributed by atoms with E-state index in [0.717, 1.165) is 12.1 Å². The highest BCUT2D eigenvalue weighted by atomic mass is 35.5. The van der Waals surface area contributed by atoms with Crippen LogP contribution < -0.4 is 5.32 Å². The van der Waals surface area contributed by atoms with E-state index in [1.807, 2.05) is 0 Å². The lowest BCUT2D eigenvalue weighted by molar-refractivity contribution is -0.384. The standard InChI is InChI=1S/C11H11ClN4O2/c12-10-5-9(16(17)18)1-2-11(10)14-4-3-8-6-13-7-15-8/h1-2,5-7,14H,3-4H2,(H,13,15). The number of nitro benzene ring substituents is 1. The first-order chi connectivity index (χ1) is 8.66. The van der Waals surface area contributed by atoms with Gasteiger partial charge < -0.3 is 10.3 Å². The van der Waals surface area contributed by atoms with Crippen LogP contribution in [0.15, 0.2) is 30.7 Å². The molecule has 7 heteroatoms. The molecule has 0 aliphatic carbocycles. The Bertz CT molecular complexity index is 542. The van der Waals surface area contributed by atoms with Gasteiger partial charge in [0.05, 0.1) is 22.0 Å². The predicted octanol–water partition coefficient (Wildman–Crippen LogP) is 2.63. The number of non-ortho nitro benzene ring substituents is 1. The zero-order valence-corrected chi connectivity index (χ0v) is 10.1. The van der Waals surface area contributed by atoms with Crippen LogP contribution in [0.5, 0.6) is 0 Å². The normalized spacial score (nSPS) is 10.3. The maximum Gasteiger partial charge on any atom is 0.271 e. The second kappa shape index (κ2) is 5.50. The number of rotatable bonds is 5. The number of halogens is 1. The van der Waals surface area contributed by atoms with Crippen LogP contribution in [0.4, 0.5) is 11.4 Å². The molecule has 0 aliphatic rings. The number of aromatic amines is 1. The molecule has 0 radical (unpaired) electrons. The summed E-state index contributed by atoms with van der Waals surface area (Å²) in [6.07, 6.45) is 4.14. The second-order valence-corrected chi connectivity index (χ2v) is 4.08. The third-order valence-corrected chi connectivity index (χ3v) is 2.74. The lowest BCUT2D eigenvalue weighted by Crippen LogP contribution is -2.05. The van der Waals surface area contributed by atoms with Gasteiger partial charge in [0.2, 0.25) is 0 Å². The van der Waals surface area contributed by atoms with E-state index < -0.39 is 4.92 Å². The molecule has 2 rings (SSSR count). The Labute approximate surface area is 108 Å². The van der Waals surface area contributed by atoms with E-state index in [-0.39, 0.29) is 5.69 Å². The van der Waals surface area contributed by atoms with Crippen molar-refractivity contribution in [2.24, 2.45) is 0 Å². The van der Waals surface area contributed by atoms with E-state index >= 15 is 0 Å². The van der Waals surface area contributed by atoms with Gasteiger partial charge >= 0.3 is 0 Å². The average Bonchev–Trinajstić information content (AvgIpc) is 2.84. The van der Waals surface area contributed by atoms with Crippen LogP contribution in [0.1, 0.15) is 5.69 Å². The summed E-state index contributed by atoms with van der Waals surface area (Å²) >= 11 is 5.95. The topological polar surface area (TPSA) is 83.8 Å². The van der Waals surface area contributed by atoms with Gasteiger partial charge in [-0.05, 0) is 6.07 Å². The van der Waals surface area contributed by atoms with Crippen molar-refractivity contribution in [2.45, 2.75) is 6.42 Å². The van der Waals surface area contributed by atoms with Crippen molar-refractivity contribution in [2.75, 3.05) is 11.9 Å². The van der Waals surface area contributed by atoms with Crippen LogP contribution in [-0.4, -0.2) is 21.4 Å². The highest BCUT2D eigenvalue weighted by Crippen LogP contribution is 2.26. The zero-order valence-electron chi connectivity index (χ0n) is 9.39. The molecule has 0 aliphatic heterocycles. The van der Waals surface area contributed by atoms with Crippen molar-refractivity contribution in [3.05, 3.63) is 51.6 Å². The highest BCUT2D eigenvalue weighted by Gasteiger charge is 2.08. The first-order valence-corrected chi connectivity index (χ1v) is 5.69. The third kappa shape index (κ3) is 2.98. The van der Waals surface area contributed by atoms with Gasteiger partial charge in [-0.25, -0.2) is 4.98 Å². The number of hydrogen-bond acceptors (Lipinski definition) is 4. The van der Waals surface area contributed by atoms with Gasteiger partial charge in [-0.3, -0.25) is 10.1 Å². The quantitative estimate of drug-likeness (QED) is 0.644. The zero-order chi connectivity index (χ0) is 13.0. The summed E-state index contributed by atoms with van der Waals surface area (Å²) in [4.78, 5) is 17.0. The van der Waals surface area contributed by atoms with Crippen molar-refractivity contribution >= 4 is 23.0 Å². The number of nitrogens with one attached hydrogen (secondary N) is 2. The summed E-state index contributed by atoms with van der Waals surface area (Å²) in [6, 6.07) is 4.36. The number of aromatic nitrogens is 2. The molecule has 2 aromatic rings. The van der Waals surface area contributed by atoms with Crippen LogP contribution >= 0.6 is 11.6 Å². The Morgan fingerprint density at radius 3 is 2.94 bits per heavy atom. The molecule has 94 valence electrons. The molecule has 0 bridgehead atoms. The fourth-order valence-corrected chi connectivity index (χ4v) is 1.76. The van der Waals surface area contributed by atoms with Gasteiger partial charge in [-0.1, -0.05) is 11.6 Å². The van der Waals surface area contributed by atoms with Crippen molar-refractivity contribution in [3.63, 3.8) is 0 Å². The number of nitro groups is 1. The van der Waals surface area contributed by atoms with Crippen LogP contribution in [0.3, 0.4) is 0 Å². The minimum Gasteiger partial charge on any atom is -0.383 e. The Morgan fingerprint density at radius 1 is 1.50 bits per heavy atom. The van der Waals surface area contributed by atoms with Gasteiger partial charge in [0.15, 0.2) is 0 Å². The fraction of sp³-hybridized carbons (Fsp3) is 0.182. The third-order valence-electron chi connectivity index (χ3n) is 2.43. The van der Waals surface area contributed by atoms with E-state index in [9.17, 15) is 10.1 Å². The number of benzene rings is 1. The van der Waals surface area contributed by atoms with E-state index in [4.69, 9.17) is 11.6 Å². The van der Waals surface area contributed by atoms with Gasteiger partial charge in [-0.15, -0.1) is 0 Å². The first kappa shape index (κ1) is 12.4. The van der Waals surface area contributed by atoms with E-state index in [0.29, 0.717) is 17.3 Å². The summed E-state index contributed by atoms with van der Waals surface area (Å²) in [5, 5.41) is 14.0. The Balaban J connectivity index is 1.95. The number of anilines is 1. The Hall–Kier alpha value is -2.08. The number of hydrogen-bond donors (Lipinski definition) is 2. The minimum atomic E-state index is -0.472. The first-order valence-electron chi connectivity index (χ1n) is 5.32. The molecule has 0 unspecified atom stereocenters. The van der Waals surface area contributed by atoms with E-state index in [1.54, 1.807) is 18.6 Å². The number of H-pyrrole nitrogens is 1. The van der Waals surface area contributed by atoms with Gasteiger partial charge in [0.25, 0.3) is 5.69 Å². The largest absolute Gasteiger partial charge is 0.383 e. The van der Waals surface area contributed by atoms with Crippen LogP contribution in [-0.2, 0) is 6.42 Å². The monoisotopic (exact) mass is 266 g/mol. The Kier molecular flexibility index (Phi) is 3.78. The summed E-state index contributed by atoms with van der Waals surface area (Å²) in [6.45, 7) is 0.666. The summed E-state index contributed by atoms with van der Waals surface area (Å²) in [7, 11) is 0. The second-order valence-electron chi connectivity index (χ2n) is 3.67. The van der Waals surface area contributed by atoms with Crippen LogP contribution in [0.25, 0.3) is 0 Å². The van der Waals surface area contributed by atoms with Crippen molar-refractivity contribution in [3.8, 4) is 0 Å². The summed E-state index contributed by atoms with van der Waals surface area (Å²) < 4.78 is 0. The van der Waals surface area contributed by atoms with E-state index in [1.165, 1.54) is 12.1 Å². The smallest absolute Gasteiger partial charge is 0.271 e. The fourth-order valence-electron chi connectivity index (χ4n) is 1.51. The SMILES string of the molecule is O=[N+]([O-])c1ccc(NCCc2cnc[nH]2)c(Cl)c1. The average molecular weight is 267 g/mol. The molecule has 0 amide bonds. The van der Waals surface area contributed by atoms with Crippen molar-refractivity contribution in [1.82, 2.24) is 9.97 Å². The van der Waals surface area contributed by atoms with Crippen molar-refractivity contribution in [1.29, 1.82) is 0 Å². The molecule has 1 aromatic carbocycles. The molecule has 0 saturated carbocycles. The molecule has 1 heterocycles. The van der Waals surface area contributed by atoms with Crippen molar-refractivity contribution < 1.29 is 4.92 Å². The summed E-state index contributed by atoms with van der Waals surface area (Å²) in [5.41, 5.74) is 1.68. The molecule has 18 heavy (non-hydrogen) atoms. The number of nitrogens with zero attached hydrogens (tertiary/aromatic N) is 2. The number of imidazole rings is 1. The molecule has 0 saturated heterocycles. The molecular weight excluding hydrogens is 256 g/mol. The van der Waals surface area contributed by atoms with E-state index in [2.05, 4.69) is 15.3 Å². The molecular formula is C11H11ClN4O2. The lowest BCUT2D eigenvalue weighted by atomic mass is 10.2. The Morgan fingerprint density at radius 2 is 2.33 bits per heavy atom. The molecule has 0 fully saturated rings. The maximum atomic E-state index is 10.5. The van der Waals surface area contributed by atoms with Gasteiger partial charge in [0.1, 0.15) is 0 Å². The predicted molar refractivity (Wildman–Crippen MR) is 68.9 cm³/mol.